The number of ether oxygens (including phenoxy) is 1. The zero-order valence-electron chi connectivity index (χ0n) is 13.4. The number of hydrogen-bond donors (Lipinski definition) is 2. The maximum absolute atomic E-state index is 5.38. The van der Waals surface area contributed by atoms with Crippen molar-refractivity contribution < 1.29 is 4.74 Å². The molecule has 2 N–H and O–H groups in total. The molecule has 1 saturated heterocycles. The molecule has 4 rings (SSSR count). The van der Waals surface area contributed by atoms with E-state index in [1.807, 2.05) is 6.07 Å². The van der Waals surface area contributed by atoms with Crippen LogP contribution in [0.1, 0.15) is 6.42 Å². The quantitative estimate of drug-likeness (QED) is 0.656. The van der Waals surface area contributed by atoms with E-state index in [1.165, 1.54) is 0 Å². The summed E-state index contributed by atoms with van der Waals surface area (Å²) < 4.78 is 6.44. The van der Waals surface area contributed by atoms with Crippen molar-refractivity contribution in [2.45, 2.75) is 6.42 Å². The zero-order valence-corrected chi connectivity index (χ0v) is 15.0. The standard InChI is InChI=1S/C17H20BrN5O/c18-12-2-3-14-13(10-12)15-16(20-11-21-17(15)22-14)19-4-1-5-23-6-8-24-9-7-23/h2-3,10-11H,1,4-9H2,(H2,19,20,21,22). The first-order chi connectivity index (χ1) is 11.8. The fraction of sp³-hybridized carbons (Fsp3) is 0.412. The highest BCUT2D eigenvalue weighted by Crippen LogP contribution is 2.30. The highest BCUT2D eigenvalue weighted by molar-refractivity contribution is 9.10. The second-order valence-electron chi connectivity index (χ2n) is 6.00. The summed E-state index contributed by atoms with van der Waals surface area (Å²) in [6.45, 7) is 5.75. The molecular formula is C17H20BrN5O. The summed E-state index contributed by atoms with van der Waals surface area (Å²) in [5, 5.41) is 5.67. The summed E-state index contributed by atoms with van der Waals surface area (Å²) in [5.41, 5.74) is 1.94. The number of benzene rings is 1. The van der Waals surface area contributed by atoms with Crippen molar-refractivity contribution in [3.05, 3.63) is 29.0 Å². The van der Waals surface area contributed by atoms with Crippen molar-refractivity contribution in [3.63, 3.8) is 0 Å². The fourth-order valence-electron chi connectivity index (χ4n) is 3.16. The molecule has 1 aromatic carbocycles. The Kier molecular flexibility index (Phi) is 4.64. The zero-order chi connectivity index (χ0) is 16.4. The van der Waals surface area contributed by atoms with Crippen LogP contribution in [0.4, 0.5) is 5.82 Å². The first-order valence-corrected chi connectivity index (χ1v) is 9.06. The predicted octanol–water partition coefficient (Wildman–Crippen LogP) is 3.01. The van der Waals surface area contributed by atoms with Crippen LogP contribution in [0, 0.1) is 0 Å². The average Bonchev–Trinajstić information content (AvgIpc) is 2.98. The first kappa shape index (κ1) is 15.8. The molecule has 7 heteroatoms. The van der Waals surface area contributed by atoms with Gasteiger partial charge in [0, 0.05) is 35.0 Å². The number of aromatic nitrogens is 3. The van der Waals surface area contributed by atoms with Crippen molar-refractivity contribution in [2.75, 3.05) is 44.7 Å². The van der Waals surface area contributed by atoms with Gasteiger partial charge in [-0.2, -0.15) is 0 Å². The molecule has 24 heavy (non-hydrogen) atoms. The Morgan fingerprint density at radius 3 is 3.00 bits per heavy atom. The third-order valence-corrected chi connectivity index (χ3v) is 4.89. The largest absolute Gasteiger partial charge is 0.379 e. The molecule has 0 saturated carbocycles. The van der Waals surface area contributed by atoms with Gasteiger partial charge in [0.1, 0.15) is 17.8 Å². The van der Waals surface area contributed by atoms with Crippen LogP contribution >= 0.6 is 15.9 Å². The maximum Gasteiger partial charge on any atom is 0.143 e. The molecule has 3 heterocycles. The number of nitrogens with zero attached hydrogens (tertiary/aromatic N) is 3. The van der Waals surface area contributed by atoms with Gasteiger partial charge in [-0.25, -0.2) is 9.97 Å². The number of nitrogens with one attached hydrogen (secondary N) is 2. The maximum atomic E-state index is 5.38. The van der Waals surface area contributed by atoms with Gasteiger partial charge in [-0.05, 0) is 31.2 Å². The molecule has 0 aliphatic carbocycles. The lowest BCUT2D eigenvalue weighted by molar-refractivity contribution is 0.0378. The minimum absolute atomic E-state index is 0.851. The van der Waals surface area contributed by atoms with Gasteiger partial charge in [0.15, 0.2) is 0 Å². The summed E-state index contributed by atoms with van der Waals surface area (Å²) in [7, 11) is 0. The Hall–Kier alpha value is -1.70. The molecule has 6 nitrogen and oxygen atoms in total. The van der Waals surface area contributed by atoms with E-state index in [0.29, 0.717) is 0 Å². The van der Waals surface area contributed by atoms with Gasteiger partial charge in [0.2, 0.25) is 0 Å². The summed E-state index contributed by atoms with van der Waals surface area (Å²) in [5.74, 6) is 0.895. The van der Waals surface area contributed by atoms with Crippen molar-refractivity contribution in [2.24, 2.45) is 0 Å². The smallest absolute Gasteiger partial charge is 0.143 e. The van der Waals surface area contributed by atoms with Crippen molar-refractivity contribution in [1.29, 1.82) is 0 Å². The number of aromatic amines is 1. The molecule has 0 radical (unpaired) electrons. The number of anilines is 1. The number of H-pyrrole nitrogens is 1. The van der Waals surface area contributed by atoms with Crippen LogP contribution in [-0.2, 0) is 4.74 Å². The number of fused-ring (bicyclic) bond motifs is 3. The topological polar surface area (TPSA) is 66.1 Å². The number of halogens is 1. The minimum Gasteiger partial charge on any atom is -0.379 e. The Balaban J connectivity index is 1.49. The molecular weight excluding hydrogens is 370 g/mol. The predicted molar refractivity (Wildman–Crippen MR) is 99.5 cm³/mol. The molecule has 3 aromatic rings. The molecule has 1 aliphatic rings. The molecule has 0 unspecified atom stereocenters. The molecule has 126 valence electrons. The number of morpholine rings is 1. The third kappa shape index (κ3) is 3.24. The molecule has 0 amide bonds. The van der Waals surface area contributed by atoms with E-state index in [9.17, 15) is 0 Å². The molecule has 0 spiro atoms. The van der Waals surface area contributed by atoms with Crippen LogP contribution in [0.15, 0.2) is 29.0 Å². The summed E-state index contributed by atoms with van der Waals surface area (Å²) in [6.07, 6.45) is 2.69. The van der Waals surface area contributed by atoms with E-state index in [-0.39, 0.29) is 0 Å². The highest BCUT2D eigenvalue weighted by Gasteiger charge is 2.12. The van der Waals surface area contributed by atoms with E-state index in [4.69, 9.17) is 4.74 Å². The van der Waals surface area contributed by atoms with Crippen LogP contribution in [0.2, 0.25) is 0 Å². The van der Waals surface area contributed by atoms with Gasteiger partial charge < -0.3 is 15.0 Å². The monoisotopic (exact) mass is 389 g/mol. The number of hydrogen-bond acceptors (Lipinski definition) is 5. The lowest BCUT2D eigenvalue weighted by atomic mass is 10.2. The van der Waals surface area contributed by atoms with Gasteiger partial charge in [-0.1, -0.05) is 15.9 Å². The summed E-state index contributed by atoms with van der Waals surface area (Å²) in [6, 6.07) is 6.19. The van der Waals surface area contributed by atoms with Gasteiger partial charge in [0.05, 0.1) is 18.6 Å². The van der Waals surface area contributed by atoms with Crippen LogP contribution in [0.5, 0.6) is 0 Å². The van der Waals surface area contributed by atoms with E-state index in [1.54, 1.807) is 6.33 Å². The first-order valence-electron chi connectivity index (χ1n) is 8.27. The van der Waals surface area contributed by atoms with Crippen LogP contribution < -0.4 is 5.32 Å². The highest BCUT2D eigenvalue weighted by atomic mass is 79.9. The lowest BCUT2D eigenvalue weighted by Gasteiger charge is -2.26. The van der Waals surface area contributed by atoms with Gasteiger partial charge >= 0.3 is 0 Å². The normalized spacial score (nSPS) is 16.0. The minimum atomic E-state index is 0.851. The average molecular weight is 390 g/mol. The molecule has 0 bridgehead atoms. The van der Waals surface area contributed by atoms with Crippen molar-refractivity contribution >= 4 is 43.7 Å². The third-order valence-electron chi connectivity index (χ3n) is 4.40. The van der Waals surface area contributed by atoms with Crippen molar-refractivity contribution in [3.8, 4) is 0 Å². The Bertz CT molecular complexity index is 843. The summed E-state index contributed by atoms with van der Waals surface area (Å²) >= 11 is 3.54. The van der Waals surface area contributed by atoms with E-state index >= 15 is 0 Å². The van der Waals surface area contributed by atoms with Gasteiger partial charge in [-0.15, -0.1) is 0 Å². The van der Waals surface area contributed by atoms with Gasteiger partial charge in [0.25, 0.3) is 0 Å². The van der Waals surface area contributed by atoms with Crippen molar-refractivity contribution in [1.82, 2.24) is 19.9 Å². The Morgan fingerprint density at radius 2 is 2.12 bits per heavy atom. The fourth-order valence-corrected chi connectivity index (χ4v) is 3.52. The van der Waals surface area contributed by atoms with E-state index in [2.05, 4.69) is 53.2 Å². The van der Waals surface area contributed by atoms with E-state index in [0.717, 1.165) is 78.0 Å². The van der Waals surface area contributed by atoms with Crippen LogP contribution in [0.3, 0.4) is 0 Å². The second kappa shape index (κ2) is 7.04. The SMILES string of the molecule is Brc1ccc2[nH]c3ncnc(NCCCN4CCOCC4)c3c2c1. The lowest BCUT2D eigenvalue weighted by Crippen LogP contribution is -2.37. The van der Waals surface area contributed by atoms with Gasteiger partial charge in [-0.3, -0.25) is 4.90 Å². The van der Waals surface area contributed by atoms with E-state index < -0.39 is 0 Å². The Morgan fingerprint density at radius 1 is 1.25 bits per heavy atom. The molecule has 2 aromatic heterocycles. The molecule has 0 atom stereocenters. The number of rotatable bonds is 5. The molecule has 1 aliphatic heterocycles. The second-order valence-corrected chi connectivity index (χ2v) is 6.91. The molecule has 1 fully saturated rings. The van der Waals surface area contributed by atoms with Crippen LogP contribution in [0.25, 0.3) is 21.9 Å². The Labute approximate surface area is 148 Å². The summed E-state index contributed by atoms with van der Waals surface area (Å²) in [4.78, 5) is 14.6. The van der Waals surface area contributed by atoms with Crippen LogP contribution in [-0.4, -0.2) is 59.2 Å².